The number of rotatable bonds is 3. The molecule has 2 aliphatic rings. The van der Waals surface area contributed by atoms with Crippen molar-refractivity contribution in [2.24, 2.45) is 11.8 Å². The quantitative estimate of drug-likeness (QED) is 0.890. The van der Waals surface area contributed by atoms with Crippen molar-refractivity contribution >= 4 is 17.2 Å². The van der Waals surface area contributed by atoms with Crippen molar-refractivity contribution in [2.45, 2.75) is 31.9 Å². The minimum absolute atomic E-state index is 0.0151. The van der Waals surface area contributed by atoms with Gasteiger partial charge in [-0.05, 0) is 12.8 Å². The predicted octanol–water partition coefficient (Wildman–Crippen LogP) is 1.69. The second kappa shape index (κ2) is 4.38. The summed E-state index contributed by atoms with van der Waals surface area (Å²) in [5, 5.41) is 3.14. The van der Waals surface area contributed by atoms with E-state index in [4.69, 9.17) is 4.74 Å². The van der Waals surface area contributed by atoms with Crippen molar-refractivity contribution in [3.8, 4) is 0 Å². The first-order chi connectivity index (χ1) is 8.31. The average Bonchev–Trinajstić information content (AvgIpc) is 2.96. The van der Waals surface area contributed by atoms with Gasteiger partial charge in [0.05, 0.1) is 17.8 Å². The number of thiazole rings is 1. The van der Waals surface area contributed by atoms with E-state index < -0.39 is 0 Å². The highest BCUT2D eigenvalue weighted by Gasteiger charge is 2.53. The van der Waals surface area contributed by atoms with Gasteiger partial charge in [-0.2, -0.15) is 0 Å². The van der Waals surface area contributed by atoms with Gasteiger partial charge in [0.25, 0.3) is 5.91 Å². The summed E-state index contributed by atoms with van der Waals surface area (Å²) < 4.78 is 5.70. The molecule has 0 radical (unpaired) electrons. The fourth-order valence-electron chi connectivity index (χ4n) is 3.08. The Bertz CT molecular complexity index is 407. The molecule has 0 bridgehead atoms. The van der Waals surface area contributed by atoms with Crippen molar-refractivity contribution in [3.63, 3.8) is 0 Å². The normalized spacial score (nSPS) is 35.1. The molecule has 1 aromatic heterocycles. The molecule has 3 rings (SSSR count). The van der Waals surface area contributed by atoms with Gasteiger partial charge in [0.1, 0.15) is 4.88 Å². The molecule has 5 heteroatoms. The van der Waals surface area contributed by atoms with Crippen molar-refractivity contribution < 1.29 is 9.53 Å². The Labute approximate surface area is 104 Å². The largest absolute Gasteiger partial charge is 0.377 e. The molecule has 2 heterocycles. The molecule has 1 aromatic rings. The van der Waals surface area contributed by atoms with Crippen LogP contribution in [0.5, 0.6) is 0 Å². The fourth-order valence-corrected chi connectivity index (χ4v) is 3.60. The van der Waals surface area contributed by atoms with Crippen molar-refractivity contribution in [1.29, 1.82) is 0 Å². The zero-order valence-corrected chi connectivity index (χ0v) is 10.6. The van der Waals surface area contributed by atoms with Gasteiger partial charge in [-0.3, -0.25) is 9.78 Å². The lowest BCUT2D eigenvalue weighted by Gasteiger charge is -2.47. The van der Waals surface area contributed by atoms with E-state index in [0.717, 1.165) is 19.4 Å². The smallest absolute Gasteiger partial charge is 0.263 e. The Hall–Kier alpha value is -0.940. The summed E-state index contributed by atoms with van der Waals surface area (Å²) in [4.78, 5) is 16.6. The number of carbonyl (C=O) groups excluding carboxylic acids is 1. The van der Waals surface area contributed by atoms with Crippen LogP contribution in [-0.4, -0.2) is 29.6 Å². The maximum Gasteiger partial charge on any atom is 0.263 e. The maximum atomic E-state index is 12.0. The number of ether oxygens (including phenoxy) is 1. The number of fused-ring (bicyclic) bond motifs is 1. The zero-order chi connectivity index (χ0) is 11.8. The molecule has 17 heavy (non-hydrogen) atoms. The summed E-state index contributed by atoms with van der Waals surface area (Å²) in [6.45, 7) is 3.01. The first kappa shape index (κ1) is 11.2. The highest BCUT2D eigenvalue weighted by molar-refractivity contribution is 7.11. The van der Waals surface area contributed by atoms with E-state index in [9.17, 15) is 4.79 Å². The van der Waals surface area contributed by atoms with E-state index in [2.05, 4.69) is 17.2 Å². The molecule has 1 saturated carbocycles. The van der Waals surface area contributed by atoms with E-state index in [-0.39, 0.29) is 5.91 Å². The van der Waals surface area contributed by atoms with Crippen molar-refractivity contribution in [2.75, 3.05) is 6.61 Å². The number of aromatic nitrogens is 1. The van der Waals surface area contributed by atoms with Crippen LogP contribution in [0.4, 0.5) is 0 Å². The fraction of sp³-hybridized carbons (Fsp3) is 0.667. The third-order valence-corrected chi connectivity index (χ3v) is 4.73. The third kappa shape index (κ3) is 1.77. The lowest BCUT2D eigenvalue weighted by molar-refractivity contribution is -0.0544. The molecular weight excluding hydrogens is 236 g/mol. The molecule has 0 spiro atoms. The highest BCUT2D eigenvalue weighted by Crippen LogP contribution is 2.45. The molecule has 1 saturated heterocycles. The van der Waals surface area contributed by atoms with Crippen LogP contribution in [0.3, 0.4) is 0 Å². The molecule has 4 atom stereocenters. The summed E-state index contributed by atoms with van der Waals surface area (Å²) in [6, 6.07) is 0.294. The van der Waals surface area contributed by atoms with Crippen LogP contribution in [-0.2, 0) is 4.74 Å². The Balaban J connectivity index is 1.67. The van der Waals surface area contributed by atoms with Gasteiger partial charge in [-0.25, -0.2) is 0 Å². The lowest BCUT2D eigenvalue weighted by atomic mass is 9.65. The molecule has 1 amide bonds. The summed E-state index contributed by atoms with van der Waals surface area (Å²) >= 11 is 1.39. The molecule has 0 aromatic carbocycles. The molecule has 1 aliphatic carbocycles. The van der Waals surface area contributed by atoms with Gasteiger partial charge in [0, 0.05) is 24.5 Å². The number of hydrogen-bond donors (Lipinski definition) is 1. The second-order valence-corrected chi connectivity index (χ2v) is 5.61. The molecule has 1 N–H and O–H groups in total. The molecular formula is C12H16N2O2S. The minimum atomic E-state index is 0.0151. The minimum Gasteiger partial charge on any atom is -0.377 e. The molecule has 2 fully saturated rings. The summed E-state index contributed by atoms with van der Waals surface area (Å²) in [7, 11) is 0. The second-order valence-electron chi connectivity index (χ2n) is 4.72. The molecule has 1 aliphatic heterocycles. The van der Waals surface area contributed by atoms with Crippen LogP contribution in [0.1, 0.15) is 29.4 Å². The van der Waals surface area contributed by atoms with Crippen LogP contribution in [0.2, 0.25) is 0 Å². The Morgan fingerprint density at radius 1 is 1.71 bits per heavy atom. The Morgan fingerprint density at radius 3 is 3.29 bits per heavy atom. The highest BCUT2D eigenvalue weighted by atomic mass is 32.1. The van der Waals surface area contributed by atoms with Gasteiger partial charge in [-0.15, -0.1) is 11.3 Å². The summed E-state index contributed by atoms with van der Waals surface area (Å²) in [6.07, 6.45) is 4.15. The predicted molar refractivity (Wildman–Crippen MR) is 65.0 cm³/mol. The van der Waals surface area contributed by atoms with Crippen LogP contribution in [0.15, 0.2) is 11.7 Å². The van der Waals surface area contributed by atoms with E-state index in [1.807, 2.05) is 0 Å². The zero-order valence-electron chi connectivity index (χ0n) is 9.76. The van der Waals surface area contributed by atoms with Crippen LogP contribution < -0.4 is 5.32 Å². The average molecular weight is 252 g/mol. The third-order valence-electron chi connectivity index (χ3n) is 3.95. The van der Waals surface area contributed by atoms with E-state index in [1.165, 1.54) is 11.3 Å². The molecule has 92 valence electrons. The van der Waals surface area contributed by atoms with E-state index in [0.29, 0.717) is 28.9 Å². The van der Waals surface area contributed by atoms with Gasteiger partial charge in [-0.1, -0.05) is 6.92 Å². The lowest BCUT2D eigenvalue weighted by Crippen LogP contribution is -2.61. The van der Waals surface area contributed by atoms with Crippen LogP contribution in [0.25, 0.3) is 0 Å². The van der Waals surface area contributed by atoms with Crippen LogP contribution >= 0.6 is 11.3 Å². The first-order valence-corrected chi connectivity index (χ1v) is 7.00. The van der Waals surface area contributed by atoms with Crippen molar-refractivity contribution in [3.05, 3.63) is 16.6 Å². The SMILES string of the molecule is CC[C@H]1[C@H](NC(=O)c2cncs2)[C@H]2CCO[C@H]21. The van der Waals surface area contributed by atoms with Crippen LogP contribution in [0, 0.1) is 11.8 Å². The summed E-state index contributed by atoms with van der Waals surface area (Å²) in [5.41, 5.74) is 1.69. The van der Waals surface area contributed by atoms with Gasteiger partial charge < -0.3 is 10.1 Å². The number of hydrogen-bond acceptors (Lipinski definition) is 4. The monoisotopic (exact) mass is 252 g/mol. The number of carbonyl (C=O) groups is 1. The Kier molecular flexibility index (Phi) is 2.88. The topological polar surface area (TPSA) is 51.2 Å². The summed E-state index contributed by atoms with van der Waals surface area (Å²) in [5.74, 6) is 1.03. The Morgan fingerprint density at radius 2 is 2.59 bits per heavy atom. The van der Waals surface area contributed by atoms with Gasteiger partial charge in [0.2, 0.25) is 0 Å². The molecule has 4 nitrogen and oxygen atoms in total. The first-order valence-electron chi connectivity index (χ1n) is 6.12. The number of amides is 1. The standard InChI is InChI=1S/C12H16N2O2S/c1-2-7-10(8-3-4-16-11(7)8)14-12(15)9-5-13-6-17-9/h5-8,10-11H,2-4H2,1H3,(H,14,15)/t7-,8+,10-,11-/m0/s1. The van der Waals surface area contributed by atoms with Gasteiger partial charge in [0.15, 0.2) is 0 Å². The van der Waals surface area contributed by atoms with Crippen molar-refractivity contribution in [1.82, 2.24) is 10.3 Å². The maximum absolute atomic E-state index is 12.0. The van der Waals surface area contributed by atoms with E-state index in [1.54, 1.807) is 11.7 Å². The number of nitrogens with zero attached hydrogens (tertiary/aromatic N) is 1. The van der Waals surface area contributed by atoms with Gasteiger partial charge >= 0.3 is 0 Å². The molecule has 0 unspecified atom stereocenters. The number of nitrogens with one attached hydrogen (secondary N) is 1. The van der Waals surface area contributed by atoms with E-state index >= 15 is 0 Å².